The average Bonchev–Trinajstić information content (AvgIpc) is 2.50. The van der Waals surface area contributed by atoms with Crippen molar-refractivity contribution in [3.05, 3.63) is 60.2 Å². The predicted octanol–water partition coefficient (Wildman–Crippen LogP) is 5.17. The lowest BCUT2D eigenvalue weighted by Crippen LogP contribution is -1.97. The summed E-state index contributed by atoms with van der Waals surface area (Å²) in [6.45, 7) is 2.05. The molecule has 2 heteroatoms. The zero-order valence-electron chi connectivity index (χ0n) is 12.5. The van der Waals surface area contributed by atoms with Crippen LogP contribution in [0.5, 0.6) is 11.5 Å². The van der Waals surface area contributed by atoms with Gasteiger partial charge in [0, 0.05) is 12.8 Å². The van der Waals surface area contributed by atoms with Crippen molar-refractivity contribution >= 4 is 5.78 Å². The first-order valence-electron chi connectivity index (χ1n) is 7.61. The molecule has 0 amide bonds. The molecule has 21 heavy (non-hydrogen) atoms. The van der Waals surface area contributed by atoms with Crippen LogP contribution in [-0.2, 0) is 11.2 Å². The van der Waals surface area contributed by atoms with Gasteiger partial charge in [-0.1, -0.05) is 37.3 Å². The van der Waals surface area contributed by atoms with Gasteiger partial charge in [-0.05, 0) is 49.1 Å². The SMILES string of the molecule is CCCC(=O)CCCc1ccc(Oc2ccccc2)cc1. The normalized spacial score (nSPS) is 10.3. The van der Waals surface area contributed by atoms with E-state index in [4.69, 9.17) is 4.74 Å². The standard InChI is InChI=1S/C19H22O2/c1-2-7-17(20)9-6-8-16-12-14-19(15-13-16)21-18-10-4-3-5-11-18/h3-5,10-15H,2,6-9H2,1H3. The molecule has 0 saturated carbocycles. The molecule has 0 aliphatic carbocycles. The first-order chi connectivity index (χ1) is 10.3. The minimum atomic E-state index is 0.376. The lowest BCUT2D eigenvalue weighted by molar-refractivity contribution is -0.119. The quantitative estimate of drug-likeness (QED) is 0.667. The van der Waals surface area contributed by atoms with Gasteiger partial charge in [0.05, 0.1) is 0 Å². The Hall–Kier alpha value is -2.09. The zero-order valence-corrected chi connectivity index (χ0v) is 12.5. The third-order valence-corrected chi connectivity index (χ3v) is 3.35. The Kier molecular flexibility index (Phi) is 6.01. The molecule has 0 fully saturated rings. The van der Waals surface area contributed by atoms with Crippen LogP contribution in [0.3, 0.4) is 0 Å². The van der Waals surface area contributed by atoms with E-state index >= 15 is 0 Å². The van der Waals surface area contributed by atoms with Gasteiger partial charge in [-0.15, -0.1) is 0 Å². The van der Waals surface area contributed by atoms with Gasteiger partial charge in [-0.3, -0.25) is 4.79 Å². The summed E-state index contributed by atoms with van der Waals surface area (Å²) in [6, 6.07) is 17.9. The molecule has 0 atom stereocenters. The maximum absolute atomic E-state index is 11.5. The predicted molar refractivity (Wildman–Crippen MR) is 85.8 cm³/mol. The molecule has 0 unspecified atom stereocenters. The summed E-state index contributed by atoms with van der Waals surface area (Å²) >= 11 is 0. The molecule has 2 rings (SSSR count). The van der Waals surface area contributed by atoms with Crippen molar-refractivity contribution in [1.29, 1.82) is 0 Å². The Labute approximate surface area is 126 Å². The molecule has 0 aliphatic heterocycles. The van der Waals surface area contributed by atoms with Crippen LogP contribution in [0.4, 0.5) is 0 Å². The molecule has 2 aromatic carbocycles. The molecule has 0 spiro atoms. The molecule has 110 valence electrons. The van der Waals surface area contributed by atoms with E-state index in [2.05, 4.69) is 12.1 Å². The highest BCUT2D eigenvalue weighted by Gasteiger charge is 2.01. The summed E-state index contributed by atoms with van der Waals surface area (Å²) in [5.74, 6) is 2.06. The van der Waals surface area contributed by atoms with E-state index in [1.807, 2.05) is 49.4 Å². The fourth-order valence-electron chi connectivity index (χ4n) is 2.24. The van der Waals surface area contributed by atoms with Crippen LogP contribution in [0.2, 0.25) is 0 Å². The molecule has 0 aromatic heterocycles. The molecular weight excluding hydrogens is 260 g/mol. The van der Waals surface area contributed by atoms with Crippen LogP contribution in [0.1, 0.15) is 38.2 Å². The minimum Gasteiger partial charge on any atom is -0.457 e. The Morgan fingerprint density at radius 1 is 0.905 bits per heavy atom. The highest BCUT2D eigenvalue weighted by atomic mass is 16.5. The third-order valence-electron chi connectivity index (χ3n) is 3.35. The number of ether oxygens (including phenoxy) is 1. The summed E-state index contributed by atoms with van der Waals surface area (Å²) in [4.78, 5) is 11.5. The fraction of sp³-hybridized carbons (Fsp3) is 0.316. The summed E-state index contributed by atoms with van der Waals surface area (Å²) in [5, 5.41) is 0. The monoisotopic (exact) mass is 282 g/mol. The van der Waals surface area contributed by atoms with E-state index in [9.17, 15) is 4.79 Å². The first kappa shape index (κ1) is 15.3. The smallest absolute Gasteiger partial charge is 0.132 e. The maximum atomic E-state index is 11.5. The van der Waals surface area contributed by atoms with Crippen molar-refractivity contribution in [2.45, 2.75) is 39.0 Å². The van der Waals surface area contributed by atoms with Gasteiger partial charge < -0.3 is 4.74 Å². The molecule has 0 bridgehead atoms. The number of benzene rings is 2. The van der Waals surface area contributed by atoms with Crippen LogP contribution in [0.15, 0.2) is 54.6 Å². The lowest BCUT2D eigenvalue weighted by atomic mass is 10.0. The Balaban J connectivity index is 1.80. The number of ketones is 1. The average molecular weight is 282 g/mol. The molecule has 0 N–H and O–H groups in total. The van der Waals surface area contributed by atoms with Gasteiger partial charge in [-0.25, -0.2) is 0 Å². The van der Waals surface area contributed by atoms with Crippen LogP contribution in [0, 0.1) is 0 Å². The molecular formula is C19H22O2. The van der Waals surface area contributed by atoms with Crippen LogP contribution < -0.4 is 4.74 Å². The second-order valence-electron chi connectivity index (χ2n) is 5.20. The maximum Gasteiger partial charge on any atom is 0.132 e. The second-order valence-corrected chi connectivity index (χ2v) is 5.20. The van der Waals surface area contributed by atoms with Crippen molar-refractivity contribution in [3.8, 4) is 11.5 Å². The highest BCUT2D eigenvalue weighted by Crippen LogP contribution is 2.21. The molecule has 0 aliphatic rings. The van der Waals surface area contributed by atoms with E-state index in [0.29, 0.717) is 18.6 Å². The van der Waals surface area contributed by atoms with E-state index in [-0.39, 0.29) is 0 Å². The Bertz CT molecular complexity index is 544. The second kappa shape index (κ2) is 8.25. The van der Waals surface area contributed by atoms with E-state index in [0.717, 1.165) is 30.8 Å². The number of hydrogen-bond acceptors (Lipinski definition) is 2. The molecule has 0 radical (unpaired) electrons. The van der Waals surface area contributed by atoms with Crippen LogP contribution in [-0.4, -0.2) is 5.78 Å². The number of para-hydroxylation sites is 1. The van der Waals surface area contributed by atoms with Gasteiger partial charge in [0.15, 0.2) is 0 Å². The van der Waals surface area contributed by atoms with Crippen molar-refractivity contribution in [2.24, 2.45) is 0 Å². The summed E-state index contributed by atoms with van der Waals surface area (Å²) in [7, 11) is 0. The first-order valence-corrected chi connectivity index (χ1v) is 7.61. The number of Topliss-reactive ketones (excluding diaryl/α,β-unsaturated/α-hetero) is 1. The summed E-state index contributed by atoms with van der Waals surface area (Å²) in [5.41, 5.74) is 1.25. The Morgan fingerprint density at radius 2 is 1.57 bits per heavy atom. The molecule has 2 nitrogen and oxygen atoms in total. The number of carbonyl (C=O) groups excluding carboxylic acids is 1. The van der Waals surface area contributed by atoms with Crippen molar-refractivity contribution < 1.29 is 9.53 Å². The van der Waals surface area contributed by atoms with Crippen molar-refractivity contribution in [3.63, 3.8) is 0 Å². The zero-order chi connectivity index (χ0) is 14.9. The molecule has 2 aromatic rings. The highest BCUT2D eigenvalue weighted by molar-refractivity contribution is 5.78. The summed E-state index contributed by atoms with van der Waals surface area (Å²) in [6.07, 6.45) is 4.23. The van der Waals surface area contributed by atoms with Crippen molar-refractivity contribution in [2.75, 3.05) is 0 Å². The van der Waals surface area contributed by atoms with E-state index in [1.165, 1.54) is 5.56 Å². The van der Waals surface area contributed by atoms with E-state index in [1.54, 1.807) is 0 Å². The van der Waals surface area contributed by atoms with E-state index < -0.39 is 0 Å². The van der Waals surface area contributed by atoms with Crippen LogP contribution in [0.25, 0.3) is 0 Å². The number of carbonyl (C=O) groups is 1. The number of rotatable bonds is 8. The Morgan fingerprint density at radius 3 is 2.24 bits per heavy atom. The third kappa shape index (κ3) is 5.42. The van der Waals surface area contributed by atoms with Gasteiger partial charge >= 0.3 is 0 Å². The summed E-state index contributed by atoms with van der Waals surface area (Å²) < 4.78 is 5.75. The van der Waals surface area contributed by atoms with Crippen LogP contribution >= 0.6 is 0 Å². The largest absolute Gasteiger partial charge is 0.457 e. The number of aryl methyl sites for hydroxylation is 1. The van der Waals surface area contributed by atoms with Crippen molar-refractivity contribution in [1.82, 2.24) is 0 Å². The van der Waals surface area contributed by atoms with Gasteiger partial charge in [0.1, 0.15) is 17.3 Å². The lowest BCUT2D eigenvalue weighted by Gasteiger charge is -2.06. The van der Waals surface area contributed by atoms with Gasteiger partial charge in [0.25, 0.3) is 0 Å². The fourth-order valence-corrected chi connectivity index (χ4v) is 2.24. The number of hydrogen-bond donors (Lipinski definition) is 0. The van der Waals surface area contributed by atoms with Gasteiger partial charge in [-0.2, -0.15) is 0 Å². The van der Waals surface area contributed by atoms with Gasteiger partial charge in [0.2, 0.25) is 0 Å². The molecule has 0 saturated heterocycles. The topological polar surface area (TPSA) is 26.3 Å². The molecule has 0 heterocycles. The minimum absolute atomic E-state index is 0.376.